The molecule has 24 heavy (non-hydrogen) atoms. The maximum absolute atomic E-state index is 2.36. The highest BCUT2D eigenvalue weighted by Gasteiger charge is 2.11. The van der Waals surface area contributed by atoms with Gasteiger partial charge in [-0.3, -0.25) is 0 Å². The average molecular weight is 323 g/mol. The van der Waals surface area contributed by atoms with E-state index in [-0.39, 0.29) is 0 Å². The van der Waals surface area contributed by atoms with Crippen LogP contribution in [0.3, 0.4) is 0 Å². The fraction of sp³-hybridized carbons (Fsp3) is 0.500. The maximum Gasteiger partial charge on any atom is -0.0190 e. The molecule has 2 atom stereocenters. The van der Waals surface area contributed by atoms with Gasteiger partial charge in [0.1, 0.15) is 0 Å². The van der Waals surface area contributed by atoms with Crippen LogP contribution in [0.15, 0.2) is 48.5 Å². The first kappa shape index (κ1) is 18.8. The minimum atomic E-state index is 0.616. The molecule has 0 saturated heterocycles. The summed E-state index contributed by atoms with van der Waals surface area (Å²) in [5.74, 6) is 1.89. The van der Waals surface area contributed by atoms with Gasteiger partial charge in [0.05, 0.1) is 0 Å². The standard InChI is InChI=1S/C24H34/c1-6-7-21-10-12-23(13-11-21)19(4)8-9-20(5)24-16-14-22(15-17-24)18(2)3/h10-20H,6-9H2,1-5H3. The van der Waals surface area contributed by atoms with Crippen LogP contribution in [0.4, 0.5) is 0 Å². The molecule has 0 fully saturated rings. The number of benzene rings is 2. The molecule has 0 N–H and O–H groups in total. The number of hydrogen-bond donors (Lipinski definition) is 0. The highest BCUT2D eigenvalue weighted by molar-refractivity contribution is 5.27. The molecule has 2 rings (SSSR count). The van der Waals surface area contributed by atoms with Crippen LogP contribution in [0.25, 0.3) is 0 Å². The SMILES string of the molecule is CCCc1ccc(C(C)CCC(C)c2ccc(C(C)C)cc2)cc1. The molecule has 0 heteroatoms. The zero-order valence-corrected chi connectivity index (χ0v) is 16.2. The van der Waals surface area contributed by atoms with E-state index >= 15 is 0 Å². The predicted molar refractivity (Wildman–Crippen MR) is 107 cm³/mol. The molecule has 130 valence electrons. The lowest BCUT2D eigenvalue weighted by Gasteiger charge is -2.17. The third kappa shape index (κ3) is 5.23. The second-order valence-corrected chi connectivity index (χ2v) is 7.69. The molecule has 0 bridgehead atoms. The summed E-state index contributed by atoms with van der Waals surface area (Å²) in [6, 6.07) is 18.5. The summed E-state index contributed by atoms with van der Waals surface area (Å²) in [6.45, 7) is 11.5. The Hall–Kier alpha value is -1.56. The molecule has 2 aromatic rings. The monoisotopic (exact) mass is 322 g/mol. The fourth-order valence-electron chi connectivity index (χ4n) is 3.34. The first-order valence-electron chi connectivity index (χ1n) is 9.70. The van der Waals surface area contributed by atoms with E-state index in [0.29, 0.717) is 17.8 Å². The summed E-state index contributed by atoms with van der Waals surface area (Å²) < 4.78 is 0. The van der Waals surface area contributed by atoms with Gasteiger partial charge in [0.25, 0.3) is 0 Å². The van der Waals surface area contributed by atoms with Gasteiger partial charge in [0.15, 0.2) is 0 Å². The molecule has 0 aliphatic rings. The molecule has 0 saturated carbocycles. The summed E-state index contributed by atoms with van der Waals surface area (Å²) in [5, 5.41) is 0. The Morgan fingerprint density at radius 1 is 0.625 bits per heavy atom. The van der Waals surface area contributed by atoms with Crippen molar-refractivity contribution in [2.45, 2.75) is 78.1 Å². The van der Waals surface area contributed by atoms with E-state index in [4.69, 9.17) is 0 Å². The maximum atomic E-state index is 2.36. The van der Waals surface area contributed by atoms with Gasteiger partial charge >= 0.3 is 0 Å². The van der Waals surface area contributed by atoms with Crippen LogP contribution in [0.1, 0.15) is 93.9 Å². The minimum Gasteiger partial charge on any atom is -0.0651 e. The zero-order chi connectivity index (χ0) is 17.5. The highest BCUT2D eigenvalue weighted by atomic mass is 14.2. The summed E-state index contributed by atoms with van der Waals surface area (Å²) in [5.41, 5.74) is 5.86. The van der Waals surface area contributed by atoms with Crippen molar-refractivity contribution < 1.29 is 0 Å². The van der Waals surface area contributed by atoms with Gasteiger partial charge in [-0.05, 0) is 59.3 Å². The second-order valence-electron chi connectivity index (χ2n) is 7.69. The molecule has 2 unspecified atom stereocenters. The minimum absolute atomic E-state index is 0.616. The first-order valence-corrected chi connectivity index (χ1v) is 9.70. The van der Waals surface area contributed by atoms with Crippen molar-refractivity contribution in [3.05, 3.63) is 70.8 Å². The van der Waals surface area contributed by atoms with Crippen molar-refractivity contribution in [2.75, 3.05) is 0 Å². The molecular formula is C24H34. The Labute approximate surface area is 149 Å². The molecular weight excluding hydrogens is 288 g/mol. The average Bonchev–Trinajstić information content (AvgIpc) is 2.60. The quantitative estimate of drug-likeness (QED) is 0.473. The van der Waals surface area contributed by atoms with Crippen molar-refractivity contribution in [3.8, 4) is 0 Å². The van der Waals surface area contributed by atoms with Crippen LogP contribution in [0.5, 0.6) is 0 Å². The second kappa shape index (κ2) is 9.06. The first-order chi connectivity index (χ1) is 11.5. The molecule has 0 nitrogen and oxygen atoms in total. The van der Waals surface area contributed by atoms with Gasteiger partial charge in [-0.25, -0.2) is 0 Å². The van der Waals surface area contributed by atoms with Gasteiger partial charge in [0, 0.05) is 0 Å². The summed E-state index contributed by atoms with van der Waals surface area (Å²) in [6.07, 6.45) is 4.92. The van der Waals surface area contributed by atoms with Gasteiger partial charge in [-0.2, -0.15) is 0 Å². The van der Waals surface area contributed by atoms with Crippen LogP contribution in [-0.2, 0) is 6.42 Å². The van der Waals surface area contributed by atoms with Crippen LogP contribution in [-0.4, -0.2) is 0 Å². The lowest BCUT2D eigenvalue weighted by molar-refractivity contribution is 0.573. The summed E-state index contributed by atoms with van der Waals surface area (Å²) in [4.78, 5) is 0. The number of hydrogen-bond acceptors (Lipinski definition) is 0. The van der Waals surface area contributed by atoms with Crippen molar-refractivity contribution in [3.63, 3.8) is 0 Å². The van der Waals surface area contributed by atoms with E-state index < -0.39 is 0 Å². The van der Waals surface area contributed by atoms with Gasteiger partial charge in [0.2, 0.25) is 0 Å². The van der Waals surface area contributed by atoms with E-state index in [1.54, 1.807) is 0 Å². The van der Waals surface area contributed by atoms with Gasteiger partial charge in [-0.1, -0.05) is 89.6 Å². The third-order valence-electron chi connectivity index (χ3n) is 5.29. The fourth-order valence-corrected chi connectivity index (χ4v) is 3.34. The molecule has 0 aliphatic carbocycles. The van der Waals surface area contributed by atoms with Crippen LogP contribution < -0.4 is 0 Å². The molecule has 0 amide bonds. The smallest absolute Gasteiger partial charge is 0.0190 e. The van der Waals surface area contributed by atoms with E-state index in [2.05, 4.69) is 83.1 Å². The van der Waals surface area contributed by atoms with Crippen LogP contribution >= 0.6 is 0 Å². The topological polar surface area (TPSA) is 0 Å². The van der Waals surface area contributed by atoms with Gasteiger partial charge < -0.3 is 0 Å². The summed E-state index contributed by atoms with van der Waals surface area (Å²) in [7, 11) is 0. The molecule has 0 aliphatic heterocycles. The van der Waals surface area contributed by atoms with Crippen molar-refractivity contribution >= 4 is 0 Å². The molecule has 0 radical (unpaired) electrons. The molecule has 2 aromatic carbocycles. The van der Waals surface area contributed by atoms with Crippen molar-refractivity contribution in [1.29, 1.82) is 0 Å². The number of aryl methyl sites for hydroxylation is 1. The van der Waals surface area contributed by atoms with Crippen LogP contribution in [0.2, 0.25) is 0 Å². The lowest BCUT2D eigenvalue weighted by Crippen LogP contribution is -2.00. The highest BCUT2D eigenvalue weighted by Crippen LogP contribution is 2.28. The van der Waals surface area contributed by atoms with E-state index in [1.807, 2.05) is 0 Å². The van der Waals surface area contributed by atoms with Gasteiger partial charge in [-0.15, -0.1) is 0 Å². The number of rotatable bonds is 8. The lowest BCUT2D eigenvalue weighted by atomic mass is 9.88. The molecule has 0 spiro atoms. The molecule has 0 heterocycles. The zero-order valence-electron chi connectivity index (χ0n) is 16.2. The largest absolute Gasteiger partial charge is 0.0651 e. The third-order valence-corrected chi connectivity index (χ3v) is 5.29. The summed E-state index contributed by atoms with van der Waals surface area (Å²) >= 11 is 0. The normalized spacial score (nSPS) is 13.9. The van der Waals surface area contributed by atoms with E-state index in [0.717, 1.165) is 0 Å². The Balaban J connectivity index is 1.89. The predicted octanol–water partition coefficient (Wildman–Crippen LogP) is 7.45. The van der Waals surface area contributed by atoms with Crippen molar-refractivity contribution in [2.24, 2.45) is 0 Å². The Kier molecular flexibility index (Phi) is 7.09. The van der Waals surface area contributed by atoms with E-state index in [9.17, 15) is 0 Å². The Bertz CT molecular complexity index is 589. The Morgan fingerprint density at radius 2 is 1.04 bits per heavy atom. The molecule has 0 aromatic heterocycles. The Morgan fingerprint density at radius 3 is 1.46 bits per heavy atom. The van der Waals surface area contributed by atoms with E-state index in [1.165, 1.54) is 47.9 Å². The van der Waals surface area contributed by atoms with Crippen LogP contribution in [0, 0.1) is 0 Å². The van der Waals surface area contributed by atoms with Crippen molar-refractivity contribution in [1.82, 2.24) is 0 Å².